The maximum atomic E-state index is 3.56. The van der Waals surface area contributed by atoms with Gasteiger partial charge in [-0.1, -0.05) is 36.4 Å². The predicted molar refractivity (Wildman–Crippen MR) is 146 cm³/mol. The average molecular weight is 471 g/mol. The minimum Gasteiger partial charge on any atom is -0.380 e. The van der Waals surface area contributed by atoms with Crippen LogP contribution in [0.5, 0.6) is 0 Å². The fourth-order valence-corrected chi connectivity index (χ4v) is 6.70. The zero-order valence-corrected chi connectivity index (χ0v) is 20.9. The quantitative estimate of drug-likeness (QED) is 0.269. The SMILES string of the molecule is Cc1sc(CNc2ccccc2)cc1C1=C(c2cc(CNc3ccccc3)sc2C)CCC1. The molecule has 0 amide bonds. The van der Waals surface area contributed by atoms with Crippen LogP contribution in [0, 0.1) is 13.8 Å². The highest BCUT2D eigenvalue weighted by Gasteiger charge is 2.23. The molecule has 33 heavy (non-hydrogen) atoms. The minimum atomic E-state index is 0.880. The maximum Gasteiger partial charge on any atom is 0.0494 e. The van der Waals surface area contributed by atoms with Crippen LogP contribution in [0.25, 0.3) is 11.1 Å². The van der Waals surface area contributed by atoms with Crippen molar-refractivity contribution >= 4 is 45.2 Å². The number of hydrogen-bond donors (Lipinski definition) is 2. The first-order valence-electron chi connectivity index (χ1n) is 11.7. The third kappa shape index (κ3) is 5.07. The fraction of sp³-hybridized carbons (Fsp3) is 0.241. The number of thiophene rings is 2. The number of hydrogen-bond acceptors (Lipinski definition) is 4. The van der Waals surface area contributed by atoms with Crippen LogP contribution in [0.3, 0.4) is 0 Å². The maximum absolute atomic E-state index is 3.56. The summed E-state index contributed by atoms with van der Waals surface area (Å²) in [6.45, 7) is 6.32. The zero-order valence-electron chi connectivity index (χ0n) is 19.3. The van der Waals surface area contributed by atoms with Crippen molar-refractivity contribution in [2.24, 2.45) is 0 Å². The molecule has 0 fully saturated rings. The monoisotopic (exact) mass is 470 g/mol. The van der Waals surface area contributed by atoms with E-state index in [2.05, 4.69) is 97.3 Å². The van der Waals surface area contributed by atoms with E-state index in [1.54, 1.807) is 11.1 Å². The molecule has 0 saturated carbocycles. The van der Waals surface area contributed by atoms with Crippen molar-refractivity contribution in [2.75, 3.05) is 10.6 Å². The van der Waals surface area contributed by atoms with Crippen molar-refractivity contribution in [1.82, 2.24) is 0 Å². The molecule has 168 valence electrons. The summed E-state index contributed by atoms with van der Waals surface area (Å²) in [6, 6.07) is 25.8. The number of nitrogens with one attached hydrogen (secondary N) is 2. The van der Waals surface area contributed by atoms with Gasteiger partial charge in [0.2, 0.25) is 0 Å². The summed E-state index contributed by atoms with van der Waals surface area (Å²) in [6.07, 6.45) is 3.63. The Labute approximate surface area is 205 Å². The molecule has 0 aliphatic heterocycles. The molecule has 0 unspecified atom stereocenters. The highest BCUT2D eigenvalue weighted by atomic mass is 32.1. The van der Waals surface area contributed by atoms with Gasteiger partial charge in [-0.05, 0) is 91.8 Å². The Morgan fingerprint density at radius 1 is 0.636 bits per heavy atom. The standard InChI is InChI=1S/C29H30N2S2/c1-20-28(16-24(32-20)18-30-22-10-5-3-6-11-22)26-14-9-15-27(26)29-17-25(33-21(29)2)19-31-23-12-7-4-8-13-23/h3-8,10-13,16-17,30-31H,9,14-15,18-19H2,1-2H3. The lowest BCUT2D eigenvalue weighted by atomic mass is 9.97. The van der Waals surface area contributed by atoms with Gasteiger partial charge in [-0.2, -0.15) is 0 Å². The van der Waals surface area contributed by atoms with Gasteiger partial charge < -0.3 is 10.6 Å². The van der Waals surface area contributed by atoms with Gasteiger partial charge in [0.15, 0.2) is 0 Å². The molecule has 0 atom stereocenters. The molecule has 5 rings (SSSR count). The van der Waals surface area contributed by atoms with E-state index >= 15 is 0 Å². The Morgan fingerprint density at radius 3 is 1.48 bits per heavy atom. The molecule has 4 aromatic rings. The van der Waals surface area contributed by atoms with Crippen LogP contribution in [0.1, 0.15) is 49.9 Å². The van der Waals surface area contributed by atoms with Crippen LogP contribution >= 0.6 is 22.7 Å². The molecule has 0 bridgehead atoms. The Hall–Kier alpha value is -2.82. The Morgan fingerprint density at radius 2 is 1.06 bits per heavy atom. The van der Waals surface area contributed by atoms with Gasteiger partial charge in [0, 0.05) is 44.0 Å². The van der Waals surface area contributed by atoms with E-state index in [9.17, 15) is 0 Å². The third-order valence-electron chi connectivity index (χ3n) is 6.29. The second-order valence-electron chi connectivity index (χ2n) is 8.61. The lowest BCUT2D eigenvalue weighted by molar-refractivity contribution is 0.941. The smallest absolute Gasteiger partial charge is 0.0494 e. The summed E-state index contributed by atoms with van der Waals surface area (Å²) < 4.78 is 0. The van der Waals surface area contributed by atoms with Gasteiger partial charge in [-0.25, -0.2) is 0 Å². The van der Waals surface area contributed by atoms with Gasteiger partial charge in [0.25, 0.3) is 0 Å². The molecular weight excluding hydrogens is 440 g/mol. The lowest BCUT2D eigenvalue weighted by Gasteiger charge is -2.08. The summed E-state index contributed by atoms with van der Waals surface area (Å²) >= 11 is 3.86. The first-order chi connectivity index (χ1) is 16.2. The van der Waals surface area contributed by atoms with E-state index in [1.165, 1.54) is 61.3 Å². The summed E-state index contributed by atoms with van der Waals surface area (Å²) in [7, 11) is 0. The van der Waals surface area contributed by atoms with Crippen LogP contribution in [-0.4, -0.2) is 0 Å². The summed E-state index contributed by atoms with van der Waals surface area (Å²) in [5.41, 5.74) is 8.42. The number of allylic oxidation sites excluding steroid dienone is 2. The summed E-state index contributed by atoms with van der Waals surface area (Å²) in [4.78, 5) is 5.68. The highest BCUT2D eigenvalue weighted by Crippen LogP contribution is 2.45. The van der Waals surface area contributed by atoms with Crippen LogP contribution in [-0.2, 0) is 13.1 Å². The first kappa shape index (κ1) is 22.0. The van der Waals surface area contributed by atoms with E-state index < -0.39 is 0 Å². The van der Waals surface area contributed by atoms with Crippen LogP contribution in [0.4, 0.5) is 11.4 Å². The van der Waals surface area contributed by atoms with Crippen molar-refractivity contribution in [3.63, 3.8) is 0 Å². The first-order valence-corrected chi connectivity index (χ1v) is 13.3. The molecule has 2 aromatic heterocycles. The van der Waals surface area contributed by atoms with Gasteiger partial charge >= 0.3 is 0 Å². The molecule has 1 aliphatic rings. The Balaban J connectivity index is 1.35. The van der Waals surface area contributed by atoms with E-state index in [-0.39, 0.29) is 0 Å². The van der Waals surface area contributed by atoms with E-state index in [0.29, 0.717) is 0 Å². The number of anilines is 2. The van der Waals surface area contributed by atoms with Crippen molar-refractivity contribution in [3.05, 3.63) is 103 Å². The zero-order chi connectivity index (χ0) is 22.6. The van der Waals surface area contributed by atoms with Crippen molar-refractivity contribution < 1.29 is 0 Å². The van der Waals surface area contributed by atoms with E-state index in [1.807, 2.05) is 22.7 Å². The molecule has 0 saturated heterocycles. The molecule has 2 aromatic carbocycles. The molecule has 0 radical (unpaired) electrons. The third-order valence-corrected chi connectivity index (χ3v) is 8.39. The molecule has 4 heteroatoms. The number of para-hydroxylation sites is 2. The van der Waals surface area contributed by atoms with Gasteiger partial charge in [-0.3, -0.25) is 0 Å². The fourth-order valence-electron chi connectivity index (χ4n) is 4.69. The number of rotatable bonds is 8. The topological polar surface area (TPSA) is 24.1 Å². The average Bonchev–Trinajstić information content (AvgIpc) is 3.55. The summed E-state index contributed by atoms with van der Waals surface area (Å²) in [5.74, 6) is 0. The number of aryl methyl sites for hydroxylation is 2. The minimum absolute atomic E-state index is 0.880. The summed E-state index contributed by atoms with van der Waals surface area (Å²) in [5, 5.41) is 7.13. The number of benzene rings is 2. The van der Waals surface area contributed by atoms with E-state index in [4.69, 9.17) is 0 Å². The van der Waals surface area contributed by atoms with Crippen LogP contribution in [0.2, 0.25) is 0 Å². The highest BCUT2D eigenvalue weighted by molar-refractivity contribution is 7.12. The normalized spacial score (nSPS) is 13.5. The largest absolute Gasteiger partial charge is 0.380 e. The molecular formula is C29H30N2S2. The Bertz CT molecular complexity index is 1150. The van der Waals surface area contributed by atoms with Gasteiger partial charge in [-0.15, -0.1) is 22.7 Å². The molecule has 2 heterocycles. The van der Waals surface area contributed by atoms with Crippen molar-refractivity contribution in [2.45, 2.75) is 46.2 Å². The van der Waals surface area contributed by atoms with Gasteiger partial charge in [0.1, 0.15) is 0 Å². The molecule has 2 nitrogen and oxygen atoms in total. The second-order valence-corrected chi connectivity index (χ2v) is 11.3. The second kappa shape index (κ2) is 9.98. The Kier molecular flexibility index (Phi) is 6.65. The molecule has 2 N–H and O–H groups in total. The van der Waals surface area contributed by atoms with Crippen LogP contribution < -0.4 is 10.6 Å². The van der Waals surface area contributed by atoms with Gasteiger partial charge in [0.05, 0.1) is 0 Å². The molecule has 0 spiro atoms. The van der Waals surface area contributed by atoms with E-state index in [0.717, 1.165) is 13.1 Å². The van der Waals surface area contributed by atoms with Crippen molar-refractivity contribution in [3.8, 4) is 0 Å². The van der Waals surface area contributed by atoms with Crippen LogP contribution in [0.15, 0.2) is 72.8 Å². The predicted octanol–water partition coefficient (Wildman–Crippen LogP) is 8.75. The lowest BCUT2D eigenvalue weighted by Crippen LogP contribution is -1.96. The van der Waals surface area contributed by atoms with Crippen molar-refractivity contribution in [1.29, 1.82) is 0 Å². The molecule has 1 aliphatic carbocycles.